The fraction of sp³-hybridized carbons (Fsp3) is 0.176. The molecular formula is C17H16O. The standard InChI is InChI=1S/C17H16O/c1-12-7-9-14(10-8-12)17-11-15-5-3-4-6-16(15)13(2)18-17/h3-10,17H,2,11H2,1H3. The summed E-state index contributed by atoms with van der Waals surface area (Å²) < 4.78 is 5.94. The largest absolute Gasteiger partial charge is 0.485 e. The maximum absolute atomic E-state index is 5.94. The predicted molar refractivity (Wildman–Crippen MR) is 74.2 cm³/mol. The van der Waals surface area contributed by atoms with Crippen molar-refractivity contribution >= 4 is 5.76 Å². The lowest BCUT2D eigenvalue weighted by atomic mass is 9.93. The molecule has 3 rings (SSSR count). The van der Waals surface area contributed by atoms with E-state index >= 15 is 0 Å². The Hall–Kier alpha value is -2.02. The number of rotatable bonds is 1. The van der Waals surface area contributed by atoms with Crippen LogP contribution in [0.5, 0.6) is 0 Å². The Bertz CT molecular complexity index is 581. The Labute approximate surface area is 108 Å². The van der Waals surface area contributed by atoms with Crippen molar-refractivity contribution in [1.29, 1.82) is 0 Å². The van der Waals surface area contributed by atoms with E-state index < -0.39 is 0 Å². The maximum Gasteiger partial charge on any atom is 0.128 e. The highest BCUT2D eigenvalue weighted by Gasteiger charge is 2.23. The number of fused-ring (bicyclic) bond motifs is 1. The molecule has 1 aliphatic rings. The van der Waals surface area contributed by atoms with Crippen molar-refractivity contribution in [3.8, 4) is 0 Å². The second kappa shape index (κ2) is 4.34. The van der Waals surface area contributed by atoms with Crippen LogP contribution in [0.2, 0.25) is 0 Å². The van der Waals surface area contributed by atoms with Gasteiger partial charge in [0.25, 0.3) is 0 Å². The highest BCUT2D eigenvalue weighted by atomic mass is 16.5. The molecule has 1 heterocycles. The second-order valence-electron chi connectivity index (χ2n) is 4.80. The monoisotopic (exact) mass is 236 g/mol. The third-order valence-corrected chi connectivity index (χ3v) is 3.46. The first-order valence-electron chi connectivity index (χ1n) is 6.24. The summed E-state index contributed by atoms with van der Waals surface area (Å²) in [6.07, 6.45) is 1.01. The molecule has 0 saturated carbocycles. The van der Waals surface area contributed by atoms with E-state index in [4.69, 9.17) is 4.74 Å². The van der Waals surface area contributed by atoms with Crippen molar-refractivity contribution in [3.63, 3.8) is 0 Å². The van der Waals surface area contributed by atoms with E-state index in [0.717, 1.165) is 17.7 Å². The van der Waals surface area contributed by atoms with Crippen molar-refractivity contribution in [2.45, 2.75) is 19.4 Å². The minimum atomic E-state index is 0.0907. The van der Waals surface area contributed by atoms with E-state index in [1.54, 1.807) is 0 Å². The number of ether oxygens (including phenoxy) is 1. The summed E-state index contributed by atoms with van der Waals surface area (Å²) in [7, 11) is 0. The van der Waals surface area contributed by atoms with Gasteiger partial charge in [-0.1, -0.05) is 60.7 Å². The summed E-state index contributed by atoms with van der Waals surface area (Å²) in [4.78, 5) is 0. The van der Waals surface area contributed by atoms with E-state index in [2.05, 4.69) is 56.0 Å². The fourth-order valence-corrected chi connectivity index (χ4v) is 2.41. The maximum atomic E-state index is 5.94. The van der Waals surface area contributed by atoms with Crippen molar-refractivity contribution in [2.24, 2.45) is 0 Å². The first kappa shape index (κ1) is 11.1. The van der Waals surface area contributed by atoms with Gasteiger partial charge >= 0.3 is 0 Å². The van der Waals surface area contributed by atoms with E-state index in [9.17, 15) is 0 Å². The molecule has 0 fully saturated rings. The molecule has 0 radical (unpaired) electrons. The molecule has 2 aromatic carbocycles. The number of benzene rings is 2. The summed E-state index contributed by atoms with van der Waals surface area (Å²) >= 11 is 0. The Balaban J connectivity index is 1.94. The summed E-state index contributed by atoms with van der Waals surface area (Å²) in [5, 5.41) is 0. The molecule has 1 unspecified atom stereocenters. The average Bonchev–Trinajstić information content (AvgIpc) is 2.39. The molecule has 0 saturated heterocycles. The van der Waals surface area contributed by atoms with Gasteiger partial charge in [0, 0.05) is 12.0 Å². The van der Waals surface area contributed by atoms with Crippen LogP contribution in [-0.2, 0) is 11.2 Å². The molecule has 0 aliphatic carbocycles. The summed E-state index contributed by atoms with van der Waals surface area (Å²) in [6, 6.07) is 16.9. The quantitative estimate of drug-likeness (QED) is 0.718. The molecule has 1 atom stereocenters. The van der Waals surface area contributed by atoms with E-state index in [0.29, 0.717) is 0 Å². The normalized spacial score (nSPS) is 18.1. The molecule has 0 aromatic heterocycles. The summed E-state index contributed by atoms with van der Waals surface area (Å²) in [5.41, 5.74) is 4.95. The molecule has 1 aliphatic heterocycles. The number of hydrogen-bond donors (Lipinski definition) is 0. The molecule has 1 heteroatoms. The summed E-state index contributed by atoms with van der Waals surface area (Å²) in [5.74, 6) is 0.780. The van der Waals surface area contributed by atoms with Crippen LogP contribution < -0.4 is 0 Å². The van der Waals surface area contributed by atoms with Gasteiger partial charge in [-0.2, -0.15) is 0 Å². The van der Waals surface area contributed by atoms with Crippen molar-refractivity contribution in [1.82, 2.24) is 0 Å². The van der Waals surface area contributed by atoms with Crippen LogP contribution >= 0.6 is 0 Å². The SMILES string of the molecule is C=C1OC(c2ccc(C)cc2)Cc2ccccc21. The molecule has 90 valence electrons. The van der Waals surface area contributed by atoms with Crippen LogP contribution in [-0.4, -0.2) is 0 Å². The third-order valence-electron chi connectivity index (χ3n) is 3.46. The van der Waals surface area contributed by atoms with E-state index in [1.807, 2.05) is 6.07 Å². The predicted octanol–water partition coefficient (Wildman–Crippen LogP) is 4.28. The Morgan fingerprint density at radius 3 is 2.56 bits per heavy atom. The summed E-state index contributed by atoms with van der Waals surface area (Å²) in [6.45, 7) is 6.12. The molecule has 0 amide bonds. The van der Waals surface area contributed by atoms with Crippen LogP contribution in [0.3, 0.4) is 0 Å². The zero-order valence-electron chi connectivity index (χ0n) is 10.5. The third kappa shape index (κ3) is 1.92. The van der Waals surface area contributed by atoms with Gasteiger partial charge in [-0.3, -0.25) is 0 Å². The zero-order valence-corrected chi connectivity index (χ0v) is 10.5. The molecule has 0 N–H and O–H groups in total. The van der Waals surface area contributed by atoms with Crippen LogP contribution in [0.15, 0.2) is 55.1 Å². The zero-order chi connectivity index (χ0) is 12.5. The van der Waals surface area contributed by atoms with Gasteiger partial charge in [0.05, 0.1) is 0 Å². The van der Waals surface area contributed by atoms with Crippen molar-refractivity contribution in [2.75, 3.05) is 0 Å². The van der Waals surface area contributed by atoms with Crippen molar-refractivity contribution in [3.05, 3.63) is 77.4 Å². The van der Waals surface area contributed by atoms with Gasteiger partial charge in [0.15, 0.2) is 0 Å². The van der Waals surface area contributed by atoms with Crippen LogP contribution in [0, 0.1) is 6.92 Å². The lowest BCUT2D eigenvalue weighted by molar-refractivity contribution is 0.160. The van der Waals surface area contributed by atoms with Crippen molar-refractivity contribution < 1.29 is 4.74 Å². The highest BCUT2D eigenvalue weighted by molar-refractivity contribution is 5.63. The van der Waals surface area contributed by atoms with Gasteiger partial charge in [-0.15, -0.1) is 0 Å². The van der Waals surface area contributed by atoms with Crippen LogP contribution in [0.25, 0.3) is 5.76 Å². The Morgan fingerprint density at radius 1 is 1.06 bits per heavy atom. The van der Waals surface area contributed by atoms with Gasteiger partial charge in [0.1, 0.15) is 11.9 Å². The Morgan fingerprint density at radius 2 is 1.78 bits per heavy atom. The molecule has 2 aromatic rings. The molecule has 18 heavy (non-hydrogen) atoms. The number of hydrogen-bond acceptors (Lipinski definition) is 1. The van der Waals surface area contributed by atoms with Gasteiger partial charge < -0.3 is 4.74 Å². The minimum Gasteiger partial charge on any atom is -0.485 e. The fourth-order valence-electron chi connectivity index (χ4n) is 2.41. The first-order valence-corrected chi connectivity index (χ1v) is 6.24. The molecule has 0 bridgehead atoms. The molecular weight excluding hydrogens is 220 g/mol. The first-order chi connectivity index (χ1) is 8.74. The lowest BCUT2D eigenvalue weighted by Gasteiger charge is -2.28. The smallest absolute Gasteiger partial charge is 0.128 e. The van der Waals surface area contributed by atoms with Gasteiger partial charge in [0.2, 0.25) is 0 Å². The van der Waals surface area contributed by atoms with E-state index in [1.165, 1.54) is 16.7 Å². The van der Waals surface area contributed by atoms with E-state index in [-0.39, 0.29) is 6.10 Å². The number of aryl methyl sites for hydroxylation is 1. The average molecular weight is 236 g/mol. The molecule has 0 spiro atoms. The van der Waals surface area contributed by atoms with Crippen LogP contribution in [0.1, 0.15) is 28.4 Å². The lowest BCUT2D eigenvalue weighted by Crippen LogP contribution is -2.14. The Kier molecular flexibility index (Phi) is 2.67. The topological polar surface area (TPSA) is 9.23 Å². The molecule has 1 nitrogen and oxygen atoms in total. The van der Waals surface area contributed by atoms with Gasteiger partial charge in [-0.05, 0) is 18.1 Å². The second-order valence-corrected chi connectivity index (χ2v) is 4.80. The van der Waals surface area contributed by atoms with Crippen LogP contribution in [0.4, 0.5) is 0 Å². The highest BCUT2D eigenvalue weighted by Crippen LogP contribution is 2.35. The minimum absolute atomic E-state index is 0.0907. The van der Waals surface area contributed by atoms with Gasteiger partial charge in [-0.25, -0.2) is 0 Å².